The molecule has 4 rings (SSSR count). The zero-order chi connectivity index (χ0) is 18.5. The number of rotatable bonds is 5. The molecule has 0 radical (unpaired) electrons. The van der Waals surface area contributed by atoms with Gasteiger partial charge < -0.3 is 0 Å². The Balaban J connectivity index is 1.50. The van der Waals surface area contributed by atoms with Gasteiger partial charge >= 0.3 is 0 Å². The molecule has 5 nitrogen and oxygen atoms in total. The zero-order valence-electron chi connectivity index (χ0n) is 14.1. The Morgan fingerprint density at radius 1 is 1.00 bits per heavy atom. The van der Waals surface area contributed by atoms with E-state index in [0.717, 1.165) is 21.1 Å². The monoisotopic (exact) mass is 375 g/mol. The second-order valence-corrected chi connectivity index (χ2v) is 6.63. The Hall–Kier alpha value is -3.45. The first-order chi connectivity index (χ1) is 13.3. The Morgan fingerprint density at radius 3 is 2.70 bits per heavy atom. The van der Waals surface area contributed by atoms with Gasteiger partial charge in [-0.3, -0.25) is 10.4 Å². The molecule has 0 saturated carbocycles. The number of anilines is 1. The van der Waals surface area contributed by atoms with Crippen LogP contribution in [0.15, 0.2) is 78.3 Å². The molecular formula is C20H14FN5S. The van der Waals surface area contributed by atoms with Crippen LogP contribution in [0.3, 0.4) is 0 Å². The molecule has 132 valence electrons. The summed E-state index contributed by atoms with van der Waals surface area (Å²) < 4.78 is 12.9. The van der Waals surface area contributed by atoms with Crippen LogP contribution >= 0.6 is 11.3 Å². The second-order valence-electron chi connectivity index (χ2n) is 5.60. The fraction of sp³-hybridized carbons (Fsp3) is 0. The van der Waals surface area contributed by atoms with E-state index in [-0.39, 0.29) is 5.82 Å². The largest absolute Gasteiger partial charge is 0.278 e. The number of aromatic nitrogens is 3. The fourth-order valence-corrected chi connectivity index (χ4v) is 3.25. The number of thiazole rings is 1. The van der Waals surface area contributed by atoms with Gasteiger partial charge in [0, 0.05) is 24.2 Å². The average molecular weight is 375 g/mol. The third-order valence-corrected chi connectivity index (χ3v) is 4.74. The van der Waals surface area contributed by atoms with Gasteiger partial charge in [-0.2, -0.15) is 5.10 Å². The number of pyridine rings is 2. The molecule has 3 heterocycles. The minimum Gasteiger partial charge on any atom is -0.278 e. The summed E-state index contributed by atoms with van der Waals surface area (Å²) in [5.74, 6) is -0.283. The Labute approximate surface area is 159 Å². The van der Waals surface area contributed by atoms with Gasteiger partial charge in [-0.15, -0.1) is 11.3 Å². The summed E-state index contributed by atoms with van der Waals surface area (Å²) in [5, 5.41) is 5.05. The van der Waals surface area contributed by atoms with Gasteiger partial charge in [0.15, 0.2) is 0 Å². The van der Waals surface area contributed by atoms with Crippen LogP contribution in [0.4, 0.5) is 10.1 Å². The molecule has 0 saturated heterocycles. The SMILES string of the molecule is Fc1ccc(N/N=C/c2cccc(-c3cnc(-c4cccnc4)s3)n2)cc1. The van der Waals surface area contributed by atoms with Crippen molar-refractivity contribution in [3.63, 3.8) is 0 Å². The third-order valence-electron chi connectivity index (χ3n) is 3.67. The number of benzene rings is 1. The van der Waals surface area contributed by atoms with Gasteiger partial charge in [-0.1, -0.05) is 6.07 Å². The fourth-order valence-electron chi connectivity index (χ4n) is 2.37. The maximum absolute atomic E-state index is 12.9. The lowest BCUT2D eigenvalue weighted by Gasteiger charge is -2.00. The number of hydrogen-bond donors (Lipinski definition) is 1. The molecular weight excluding hydrogens is 361 g/mol. The highest BCUT2D eigenvalue weighted by atomic mass is 32.1. The quantitative estimate of drug-likeness (QED) is 0.400. The summed E-state index contributed by atoms with van der Waals surface area (Å²) >= 11 is 1.56. The van der Waals surface area contributed by atoms with Crippen LogP contribution in [0.25, 0.3) is 21.1 Å². The van der Waals surface area contributed by atoms with E-state index in [4.69, 9.17) is 0 Å². The zero-order valence-corrected chi connectivity index (χ0v) is 14.9. The molecule has 0 atom stereocenters. The van der Waals surface area contributed by atoms with Crippen molar-refractivity contribution in [2.75, 3.05) is 5.43 Å². The molecule has 1 aromatic carbocycles. The Kier molecular flexibility index (Phi) is 4.93. The molecule has 4 aromatic rings. The highest BCUT2D eigenvalue weighted by Gasteiger charge is 2.08. The number of halogens is 1. The highest BCUT2D eigenvalue weighted by molar-refractivity contribution is 7.18. The van der Waals surface area contributed by atoms with E-state index in [2.05, 4.69) is 25.5 Å². The van der Waals surface area contributed by atoms with Gasteiger partial charge in [0.25, 0.3) is 0 Å². The van der Waals surface area contributed by atoms with E-state index in [1.165, 1.54) is 12.1 Å². The molecule has 0 amide bonds. The summed E-state index contributed by atoms with van der Waals surface area (Å²) in [6.07, 6.45) is 6.96. The van der Waals surface area contributed by atoms with E-state index < -0.39 is 0 Å². The van der Waals surface area contributed by atoms with Gasteiger partial charge in [0.1, 0.15) is 10.8 Å². The van der Waals surface area contributed by atoms with Crippen molar-refractivity contribution in [3.05, 3.63) is 84.7 Å². The number of hydrazone groups is 1. The molecule has 0 spiro atoms. The molecule has 0 aliphatic heterocycles. The van der Waals surface area contributed by atoms with Gasteiger partial charge in [0.2, 0.25) is 0 Å². The van der Waals surface area contributed by atoms with Crippen LogP contribution in [0, 0.1) is 5.82 Å². The minimum atomic E-state index is -0.283. The van der Waals surface area contributed by atoms with Gasteiger partial charge in [-0.05, 0) is 48.5 Å². The molecule has 1 N–H and O–H groups in total. The van der Waals surface area contributed by atoms with Crippen molar-refractivity contribution in [1.82, 2.24) is 15.0 Å². The molecule has 0 aliphatic rings. The van der Waals surface area contributed by atoms with Crippen LogP contribution in [-0.2, 0) is 0 Å². The Bertz CT molecular complexity index is 1060. The molecule has 0 unspecified atom stereocenters. The summed E-state index contributed by atoms with van der Waals surface area (Å²) in [5.41, 5.74) is 6.07. The van der Waals surface area contributed by atoms with E-state index in [9.17, 15) is 4.39 Å². The van der Waals surface area contributed by atoms with Crippen LogP contribution in [0.1, 0.15) is 5.69 Å². The summed E-state index contributed by atoms with van der Waals surface area (Å²) in [6, 6.07) is 15.6. The topological polar surface area (TPSA) is 63.1 Å². The lowest BCUT2D eigenvalue weighted by atomic mass is 10.3. The molecule has 3 aromatic heterocycles. The molecule has 27 heavy (non-hydrogen) atoms. The molecule has 0 aliphatic carbocycles. The van der Waals surface area contributed by atoms with E-state index >= 15 is 0 Å². The van der Waals surface area contributed by atoms with Gasteiger partial charge in [-0.25, -0.2) is 14.4 Å². The van der Waals surface area contributed by atoms with Crippen molar-refractivity contribution in [2.45, 2.75) is 0 Å². The summed E-state index contributed by atoms with van der Waals surface area (Å²) in [6.45, 7) is 0. The first-order valence-electron chi connectivity index (χ1n) is 8.16. The highest BCUT2D eigenvalue weighted by Crippen LogP contribution is 2.30. The molecule has 7 heteroatoms. The van der Waals surface area contributed by atoms with E-state index in [1.54, 1.807) is 42.1 Å². The standard InChI is InChI=1S/C20H14FN5S/c21-15-6-8-16(9-7-15)26-24-12-17-4-1-5-18(25-17)19-13-23-20(27-19)14-3-2-10-22-11-14/h1-13,26H/b24-12+. The van der Waals surface area contributed by atoms with Crippen molar-refractivity contribution in [3.8, 4) is 21.1 Å². The maximum atomic E-state index is 12.9. The van der Waals surface area contributed by atoms with Gasteiger partial charge in [0.05, 0.1) is 28.2 Å². The predicted octanol–water partition coefficient (Wildman–Crippen LogP) is 4.85. The van der Waals surface area contributed by atoms with Crippen molar-refractivity contribution >= 4 is 23.2 Å². The number of nitrogens with zero attached hydrogens (tertiary/aromatic N) is 4. The Morgan fingerprint density at radius 2 is 1.89 bits per heavy atom. The smallest absolute Gasteiger partial charge is 0.125 e. The number of nitrogens with one attached hydrogen (secondary N) is 1. The maximum Gasteiger partial charge on any atom is 0.125 e. The predicted molar refractivity (Wildman–Crippen MR) is 106 cm³/mol. The number of hydrogen-bond acceptors (Lipinski definition) is 6. The van der Waals surface area contributed by atoms with Crippen molar-refractivity contribution < 1.29 is 4.39 Å². The van der Waals surface area contributed by atoms with Crippen LogP contribution in [-0.4, -0.2) is 21.2 Å². The first kappa shape index (κ1) is 17.0. The third kappa shape index (κ3) is 4.21. The summed E-state index contributed by atoms with van der Waals surface area (Å²) in [7, 11) is 0. The summed E-state index contributed by atoms with van der Waals surface area (Å²) in [4.78, 5) is 14.2. The molecule has 0 fully saturated rings. The van der Waals surface area contributed by atoms with Crippen LogP contribution in [0.5, 0.6) is 0 Å². The van der Waals surface area contributed by atoms with E-state index in [0.29, 0.717) is 11.4 Å². The first-order valence-corrected chi connectivity index (χ1v) is 8.98. The second kappa shape index (κ2) is 7.84. The normalized spacial score (nSPS) is 11.0. The average Bonchev–Trinajstić information content (AvgIpc) is 3.21. The van der Waals surface area contributed by atoms with Crippen LogP contribution in [0.2, 0.25) is 0 Å². The molecule has 0 bridgehead atoms. The van der Waals surface area contributed by atoms with Crippen LogP contribution < -0.4 is 5.43 Å². The lowest BCUT2D eigenvalue weighted by molar-refractivity contribution is 0.628. The lowest BCUT2D eigenvalue weighted by Crippen LogP contribution is -1.93. The van der Waals surface area contributed by atoms with Crippen molar-refractivity contribution in [2.24, 2.45) is 5.10 Å². The minimum absolute atomic E-state index is 0.283. The van der Waals surface area contributed by atoms with Crippen molar-refractivity contribution in [1.29, 1.82) is 0 Å². The van der Waals surface area contributed by atoms with E-state index in [1.807, 2.05) is 36.5 Å².